The van der Waals surface area contributed by atoms with Crippen LogP contribution in [0, 0.1) is 0 Å². The number of nitrogens with zero attached hydrogens (tertiary/aromatic N) is 3. The first-order valence-electron chi connectivity index (χ1n) is 15.9. The van der Waals surface area contributed by atoms with Crippen molar-refractivity contribution < 1.29 is 8.83 Å². The summed E-state index contributed by atoms with van der Waals surface area (Å²) in [6.45, 7) is 0. The molecule has 0 amide bonds. The highest BCUT2D eigenvalue weighted by molar-refractivity contribution is 6.13. The maximum Gasteiger partial charge on any atom is 0.164 e. The molecule has 0 aliphatic carbocycles. The Balaban J connectivity index is 1.13. The number of rotatable bonds is 4. The third-order valence-electron chi connectivity index (χ3n) is 9.12. The second-order valence-electron chi connectivity index (χ2n) is 12.0. The van der Waals surface area contributed by atoms with E-state index >= 15 is 0 Å². The van der Waals surface area contributed by atoms with Crippen LogP contribution in [-0.2, 0) is 0 Å². The Morgan fingerprint density at radius 1 is 0.333 bits per heavy atom. The number of hydrogen-bond donors (Lipinski definition) is 0. The van der Waals surface area contributed by atoms with Gasteiger partial charge in [0, 0.05) is 38.2 Å². The Hall–Kier alpha value is -6.59. The summed E-state index contributed by atoms with van der Waals surface area (Å²) in [5, 5.41) is 6.52. The van der Waals surface area contributed by atoms with E-state index in [1.54, 1.807) is 0 Å². The summed E-state index contributed by atoms with van der Waals surface area (Å²) in [6, 6.07) is 51.7. The molecule has 0 aliphatic heterocycles. The highest BCUT2D eigenvalue weighted by Crippen LogP contribution is 2.39. The van der Waals surface area contributed by atoms with Gasteiger partial charge in [-0.15, -0.1) is 0 Å². The van der Waals surface area contributed by atoms with Crippen LogP contribution < -0.4 is 0 Å². The van der Waals surface area contributed by atoms with E-state index in [2.05, 4.69) is 72.8 Å². The molecule has 7 aromatic carbocycles. The van der Waals surface area contributed by atoms with Gasteiger partial charge in [-0.3, -0.25) is 0 Å². The summed E-state index contributed by atoms with van der Waals surface area (Å²) in [5.74, 6) is 1.84. The third-order valence-corrected chi connectivity index (χ3v) is 9.12. The Labute approximate surface area is 274 Å². The van der Waals surface area contributed by atoms with E-state index in [0.717, 1.165) is 82.5 Å². The van der Waals surface area contributed by atoms with Crippen molar-refractivity contribution in [2.24, 2.45) is 0 Å². The predicted octanol–water partition coefficient (Wildman–Crippen LogP) is 11.5. The van der Waals surface area contributed by atoms with Crippen LogP contribution in [0.3, 0.4) is 0 Å². The molecule has 10 aromatic rings. The van der Waals surface area contributed by atoms with E-state index < -0.39 is 0 Å². The van der Waals surface area contributed by atoms with Crippen LogP contribution in [-0.4, -0.2) is 15.0 Å². The van der Waals surface area contributed by atoms with Crippen molar-refractivity contribution in [3.05, 3.63) is 152 Å². The van der Waals surface area contributed by atoms with Crippen LogP contribution >= 0.6 is 0 Å². The number of fused-ring (bicyclic) bond motifs is 7. The van der Waals surface area contributed by atoms with Crippen molar-refractivity contribution in [1.29, 1.82) is 0 Å². The molecule has 224 valence electrons. The number of para-hydroxylation sites is 2. The summed E-state index contributed by atoms with van der Waals surface area (Å²) < 4.78 is 12.4. The minimum atomic E-state index is 0.604. The molecule has 0 unspecified atom stereocenters. The van der Waals surface area contributed by atoms with Crippen LogP contribution in [0.4, 0.5) is 0 Å². The van der Waals surface area contributed by atoms with Gasteiger partial charge < -0.3 is 8.83 Å². The third kappa shape index (κ3) is 4.22. The lowest BCUT2D eigenvalue weighted by atomic mass is 9.96. The number of aromatic nitrogens is 3. The summed E-state index contributed by atoms with van der Waals surface area (Å²) in [6.07, 6.45) is 0. The van der Waals surface area contributed by atoms with Gasteiger partial charge in [0.25, 0.3) is 0 Å². The van der Waals surface area contributed by atoms with E-state index in [1.807, 2.05) is 78.9 Å². The first-order chi connectivity index (χ1) is 23.8. The van der Waals surface area contributed by atoms with Gasteiger partial charge >= 0.3 is 0 Å². The molecular formula is C43H25N3O2. The van der Waals surface area contributed by atoms with Crippen molar-refractivity contribution in [3.63, 3.8) is 0 Å². The highest BCUT2D eigenvalue weighted by Gasteiger charge is 2.18. The number of furan rings is 2. The van der Waals surface area contributed by atoms with Crippen LogP contribution in [0.1, 0.15) is 0 Å². The van der Waals surface area contributed by atoms with Crippen molar-refractivity contribution in [1.82, 2.24) is 15.0 Å². The Kier molecular flexibility index (Phi) is 5.81. The van der Waals surface area contributed by atoms with Crippen molar-refractivity contribution in [3.8, 4) is 45.3 Å². The van der Waals surface area contributed by atoms with Crippen molar-refractivity contribution in [2.75, 3.05) is 0 Å². The number of hydrogen-bond acceptors (Lipinski definition) is 5. The summed E-state index contributed by atoms with van der Waals surface area (Å²) in [5.41, 5.74) is 8.48. The van der Waals surface area contributed by atoms with Crippen LogP contribution in [0.25, 0.3) is 99.9 Å². The topological polar surface area (TPSA) is 65.0 Å². The maximum absolute atomic E-state index is 6.20. The van der Waals surface area contributed by atoms with Gasteiger partial charge in [0.1, 0.15) is 22.3 Å². The summed E-state index contributed by atoms with van der Waals surface area (Å²) >= 11 is 0. The smallest absolute Gasteiger partial charge is 0.164 e. The molecule has 5 nitrogen and oxygen atoms in total. The molecule has 48 heavy (non-hydrogen) atoms. The van der Waals surface area contributed by atoms with Crippen molar-refractivity contribution >= 4 is 54.6 Å². The van der Waals surface area contributed by atoms with Gasteiger partial charge in [0.05, 0.1) is 0 Å². The average molecular weight is 616 g/mol. The zero-order chi connectivity index (χ0) is 31.6. The molecule has 0 radical (unpaired) electrons. The van der Waals surface area contributed by atoms with Crippen LogP contribution in [0.15, 0.2) is 160 Å². The van der Waals surface area contributed by atoms with E-state index in [4.69, 9.17) is 23.8 Å². The van der Waals surface area contributed by atoms with E-state index in [0.29, 0.717) is 17.5 Å². The summed E-state index contributed by atoms with van der Waals surface area (Å²) in [4.78, 5) is 15.1. The molecule has 3 heterocycles. The molecular weight excluding hydrogens is 590 g/mol. The largest absolute Gasteiger partial charge is 0.456 e. The van der Waals surface area contributed by atoms with Gasteiger partial charge in [-0.1, -0.05) is 115 Å². The molecule has 0 fully saturated rings. The van der Waals surface area contributed by atoms with Crippen LogP contribution in [0.5, 0.6) is 0 Å². The van der Waals surface area contributed by atoms with Gasteiger partial charge in [-0.05, 0) is 58.3 Å². The van der Waals surface area contributed by atoms with Gasteiger partial charge in [-0.2, -0.15) is 0 Å². The fourth-order valence-corrected chi connectivity index (χ4v) is 6.87. The average Bonchev–Trinajstić information content (AvgIpc) is 3.73. The molecule has 0 saturated carbocycles. The molecule has 10 rings (SSSR count). The first-order valence-corrected chi connectivity index (χ1v) is 15.9. The Morgan fingerprint density at radius 2 is 0.833 bits per heavy atom. The SMILES string of the molecule is c1ccc(-c2nc(-c3ccc4cc(-c5cccc6oc7ccccc7c56)ccc4c3)nc(-c3cccc4oc5ccccc5c34)n2)cc1. The fourth-order valence-electron chi connectivity index (χ4n) is 6.87. The second kappa shape index (κ2) is 10.5. The summed E-state index contributed by atoms with van der Waals surface area (Å²) in [7, 11) is 0. The zero-order valence-electron chi connectivity index (χ0n) is 25.6. The molecule has 0 spiro atoms. The highest BCUT2D eigenvalue weighted by atomic mass is 16.3. The lowest BCUT2D eigenvalue weighted by Crippen LogP contribution is -2.00. The molecule has 0 N–H and O–H groups in total. The lowest BCUT2D eigenvalue weighted by molar-refractivity contribution is 0.668. The minimum absolute atomic E-state index is 0.604. The molecule has 3 aromatic heterocycles. The first kappa shape index (κ1) is 26.6. The van der Waals surface area contributed by atoms with Crippen molar-refractivity contribution in [2.45, 2.75) is 0 Å². The molecule has 0 saturated heterocycles. The monoisotopic (exact) mass is 615 g/mol. The van der Waals surface area contributed by atoms with E-state index in [-0.39, 0.29) is 0 Å². The quantitative estimate of drug-likeness (QED) is 0.197. The molecule has 0 atom stereocenters. The molecule has 0 bridgehead atoms. The minimum Gasteiger partial charge on any atom is -0.456 e. The van der Waals surface area contributed by atoms with Gasteiger partial charge in [0.2, 0.25) is 0 Å². The zero-order valence-corrected chi connectivity index (χ0v) is 25.6. The Bertz CT molecular complexity index is 2850. The fraction of sp³-hybridized carbons (Fsp3) is 0. The van der Waals surface area contributed by atoms with Gasteiger partial charge in [0.15, 0.2) is 17.5 Å². The molecule has 5 heteroatoms. The normalized spacial score (nSPS) is 11.8. The predicted molar refractivity (Wildman–Crippen MR) is 194 cm³/mol. The Morgan fingerprint density at radius 3 is 1.52 bits per heavy atom. The van der Waals surface area contributed by atoms with E-state index in [1.165, 1.54) is 0 Å². The standard InChI is InChI=1S/C43H25N3O2/c1-2-10-26(11-3-1)41-44-42(46-43(45-41)34-15-9-19-38-40(34)33-13-5-7-17-36(33)48-38)30-23-21-27-24-29(22-20-28(27)25-30)31-14-8-18-37-39(31)32-12-4-6-16-35(32)47-37/h1-25H. The van der Waals surface area contributed by atoms with Crippen LogP contribution in [0.2, 0.25) is 0 Å². The van der Waals surface area contributed by atoms with E-state index in [9.17, 15) is 0 Å². The number of benzene rings is 7. The van der Waals surface area contributed by atoms with Gasteiger partial charge in [-0.25, -0.2) is 15.0 Å². The second-order valence-corrected chi connectivity index (χ2v) is 12.0. The lowest BCUT2D eigenvalue weighted by Gasteiger charge is -2.10. The maximum atomic E-state index is 6.20. The molecule has 0 aliphatic rings.